The maximum absolute atomic E-state index is 13.8. The molecule has 1 saturated heterocycles. The van der Waals surface area contributed by atoms with Gasteiger partial charge in [0.1, 0.15) is 11.4 Å². The molecule has 1 aromatic carbocycles. The Kier molecular flexibility index (Phi) is 10.8. The molecule has 1 aliphatic rings. The van der Waals surface area contributed by atoms with Crippen LogP contribution in [0, 0.1) is 11.8 Å². The van der Waals surface area contributed by atoms with E-state index in [4.69, 9.17) is 14.6 Å². The van der Waals surface area contributed by atoms with Gasteiger partial charge in [-0.15, -0.1) is 0 Å². The summed E-state index contributed by atoms with van der Waals surface area (Å²) in [5.41, 5.74) is 4.56. The molecule has 0 bridgehead atoms. The molecule has 3 aromatic rings. The van der Waals surface area contributed by atoms with Crippen LogP contribution in [0.25, 0.3) is 22.9 Å². The molecule has 7 nitrogen and oxygen atoms in total. The van der Waals surface area contributed by atoms with Gasteiger partial charge in [0.25, 0.3) is 5.91 Å². The fourth-order valence-electron chi connectivity index (χ4n) is 4.88. The number of aromatic nitrogens is 2. The van der Waals surface area contributed by atoms with Gasteiger partial charge in [0.05, 0.1) is 25.3 Å². The second-order valence-electron chi connectivity index (χ2n) is 11.4. The SMILES string of the molecule is CCOc1ccc(-c2nn3ccc(C(=O)N(CCC(C)C)CCC(C)C)cc3c2C=CCN2CCOCC2)cc1. The average Bonchev–Trinajstić information content (AvgIpc) is 3.31. The minimum atomic E-state index is 0.0934. The van der Waals surface area contributed by atoms with Gasteiger partial charge in [-0.3, -0.25) is 9.69 Å². The van der Waals surface area contributed by atoms with Crippen molar-refractivity contribution in [1.82, 2.24) is 19.4 Å². The van der Waals surface area contributed by atoms with E-state index in [1.807, 2.05) is 46.8 Å². The van der Waals surface area contributed by atoms with Crippen molar-refractivity contribution in [2.75, 3.05) is 52.5 Å². The van der Waals surface area contributed by atoms with Crippen molar-refractivity contribution in [3.8, 4) is 17.0 Å². The van der Waals surface area contributed by atoms with Crippen LogP contribution in [-0.2, 0) is 4.74 Å². The highest BCUT2D eigenvalue weighted by Crippen LogP contribution is 2.30. The van der Waals surface area contributed by atoms with Gasteiger partial charge in [-0.05, 0) is 68.0 Å². The lowest BCUT2D eigenvalue weighted by atomic mass is 10.0. The summed E-state index contributed by atoms with van der Waals surface area (Å²) < 4.78 is 13.1. The molecule has 0 saturated carbocycles. The molecule has 0 atom stereocenters. The topological polar surface area (TPSA) is 59.3 Å². The highest BCUT2D eigenvalue weighted by Gasteiger charge is 2.20. The van der Waals surface area contributed by atoms with Crippen LogP contribution < -0.4 is 4.74 Å². The summed E-state index contributed by atoms with van der Waals surface area (Å²) in [6.45, 7) is 17.3. The van der Waals surface area contributed by atoms with E-state index in [2.05, 4.69) is 56.9 Å². The van der Waals surface area contributed by atoms with E-state index in [9.17, 15) is 4.79 Å². The van der Waals surface area contributed by atoms with Crippen LogP contribution in [0.5, 0.6) is 5.75 Å². The van der Waals surface area contributed by atoms with Crippen LogP contribution in [0.4, 0.5) is 0 Å². The number of morpholine rings is 1. The lowest BCUT2D eigenvalue weighted by Gasteiger charge is -2.25. The Morgan fingerprint density at radius 3 is 2.35 bits per heavy atom. The smallest absolute Gasteiger partial charge is 0.253 e. The zero-order chi connectivity index (χ0) is 28.5. The molecule has 7 heteroatoms. The highest BCUT2D eigenvalue weighted by molar-refractivity contribution is 5.96. The van der Waals surface area contributed by atoms with Crippen LogP contribution in [0.3, 0.4) is 0 Å². The van der Waals surface area contributed by atoms with Gasteiger partial charge in [-0.25, -0.2) is 4.52 Å². The first kappa shape index (κ1) is 29.8. The van der Waals surface area contributed by atoms with Crippen molar-refractivity contribution >= 4 is 17.5 Å². The molecule has 1 fully saturated rings. The van der Waals surface area contributed by atoms with Crippen LogP contribution >= 0.6 is 0 Å². The third-order valence-electron chi connectivity index (χ3n) is 7.35. The maximum atomic E-state index is 13.8. The van der Waals surface area contributed by atoms with E-state index in [0.717, 1.165) is 86.9 Å². The van der Waals surface area contributed by atoms with E-state index in [-0.39, 0.29) is 5.91 Å². The van der Waals surface area contributed by atoms with Crippen LogP contribution in [-0.4, -0.2) is 77.9 Å². The zero-order valence-corrected chi connectivity index (χ0v) is 24.9. The molecular weight excluding hydrogens is 500 g/mol. The summed E-state index contributed by atoms with van der Waals surface area (Å²) in [7, 11) is 0. The number of ether oxygens (including phenoxy) is 2. The molecule has 0 spiro atoms. The first-order valence-electron chi connectivity index (χ1n) is 14.9. The minimum Gasteiger partial charge on any atom is -0.494 e. The van der Waals surface area contributed by atoms with Crippen molar-refractivity contribution in [3.05, 3.63) is 59.8 Å². The molecule has 0 unspecified atom stereocenters. The lowest BCUT2D eigenvalue weighted by Crippen LogP contribution is -2.36. The Morgan fingerprint density at radius 1 is 1.05 bits per heavy atom. The largest absolute Gasteiger partial charge is 0.494 e. The number of hydrogen-bond acceptors (Lipinski definition) is 5. The van der Waals surface area contributed by atoms with E-state index < -0.39 is 0 Å². The monoisotopic (exact) mass is 546 g/mol. The second-order valence-corrected chi connectivity index (χ2v) is 11.4. The molecule has 216 valence electrons. The molecule has 4 rings (SSSR count). The molecule has 0 N–H and O–H groups in total. The standard InChI is InChI=1S/C33H46N4O3/c1-6-40-29-11-9-27(10-12-29)32-30(8-7-16-35-20-22-39-23-21-35)31-24-28(15-19-37(31)34-32)33(38)36(17-13-25(2)3)18-14-26(4)5/h7-12,15,19,24-26H,6,13-14,16-18,20-23H2,1-5H3. The van der Waals surface area contributed by atoms with Crippen LogP contribution in [0.15, 0.2) is 48.7 Å². The van der Waals surface area contributed by atoms with E-state index in [1.54, 1.807) is 0 Å². The van der Waals surface area contributed by atoms with Crippen molar-refractivity contribution in [2.24, 2.45) is 11.8 Å². The van der Waals surface area contributed by atoms with Crippen molar-refractivity contribution in [2.45, 2.75) is 47.5 Å². The zero-order valence-electron chi connectivity index (χ0n) is 24.9. The van der Waals surface area contributed by atoms with Crippen molar-refractivity contribution in [1.29, 1.82) is 0 Å². The van der Waals surface area contributed by atoms with Gasteiger partial charge in [0.15, 0.2) is 0 Å². The van der Waals surface area contributed by atoms with Gasteiger partial charge in [0, 0.05) is 55.6 Å². The number of fused-ring (bicyclic) bond motifs is 1. The number of carbonyl (C=O) groups is 1. The fraction of sp³-hybridized carbons (Fsp3) is 0.515. The Balaban J connectivity index is 1.69. The molecule has 3 heterocycles. The Hall–Kier alpha value is -3.16. The second kappa shape index (κ2) is 14.5. The maximum Gasteiger partial charge on any atom is 0.253 e. The van der Waals surface area contributed by atoms with Gasteiger partial charge >= 0.3 is 0 Å². The van der Waals surface area contributed by atoms with Gasteiger partial charge in [-0.1, -0.05) is 39.8 Å². The summed E-state index contributed by atoms with van der Waals surface area (Å²) in [4.78, 5) is 18.2. The quantitative estimate of drug-likeness (QED) is 0.253. The molecule has 1 amide bonds. The Morgan fingerprint density at radius 2 is 1.73 bits per heavy atom. The normalized spacial score (nSPS) is 14.6. The third-order valence-corrected chi connectivity index (χ3v) is 7.35. The molecular formula is C33H46N4O3. The van der Waals surface area contributed by atoms with Gasteiger partial charge in [-0.2, -0.15) is 5.10 Å². The van der Waals surface area contributed by atoms with Gasteiger partial charge < -0.3 is 14.4 Å². The number of carbonyl (C=O) groups excluding carboxylic acids is 1. The van der Waals surface area contributed by atoms with Crippen molar-refractivity contribution < 1.29 is 14.3 Å². The summed E-state index contributed by atoms with van der Waals surface area (Å²) in [5.74, 6) is 2.03. The fourth-order valence-corrected chi connectivity index (χ4v) is 4.88. The summed E-state index contributed by atoms with van der Waals surface area (Å²) >= 11 is 0. The lowest BCUT2D eigenvalue weighted by molar-refractivity contribution is 0.0435. The molecule has 0 radical (unpaired) electrons. The van der Waals surface area contributed by atoms with Gasteiger partial charge in [0.2, 0.25) is 0 Å². The molecule has 1 aliphatic heterocycles. The number of benzene rings is 1. The van der Waals surface area contributed by atoms with E-state index in [1.165, 1.54) is 0 Å². The van der Waals surface area contributed by atoms with Crippen LogP contribution in [0.1, 0.15) is 63.4 Å². The first-order valence-corrected chi connectivity index (χ1v) is 14.9. The summed E-state index contributed by atoms with van der Waals surface area (Å²) in [5, 5.41) is 4.95. The number of pyridine rings is 1. The highest BCUT2D eigenvalue weighted by atomic mass is 16.5. The molecule has 40 heavy (non-hydrogen) atoms. The van der Waals surface area contributed by atoms with E-state index >= 15 is 0 Å². The minimum absolute atomic E-state index is 0.0934. The van der Waals surface area contributed by atoms with E-state index in [0.29, 0.717) is 24.0 Å². The summed E-state index contributed by atoms with van der Waals surface area (Å²) in [6, 6.07) is 12.0. The molecule has 2 aromatic heterocycles. The summed E-state index contributed by atoms with van der Waals surface area (Å²) in [6.07, 6.45) is 8.27. The van der Waals surface area contributed by atoms with Crippen LogP contribution in [0.2, 0.25) is 0 Å². The Labute approximate surface area is 239 Å². The Bertz CT molecular complexity index is 1240. The number of amides is 1. The number of nitrogens with zero attached hydrogens (tertiary/aromatic N) is 4. The predicted molar refractivity (Wildman–Crippen MR) is 163 cm³/mol. The predicted octanol–water partition coefficient (Wildman–Crippen LogP) is 6.28. The molecule has 0 aliphatic carbocycles. The number of rotatable bonds is 13. The third kappa shape index (κ3) is 7.95. The van der Waals surface area contributed by atoms with Crippen molar-refractivity contribution in [3.63, 3.8) is 0 Å². The first-order chi connectivity index (χ1) is 19.4. The average molecular weight is 547 g/mol. The number of hydrogen-bond donors (Lipinski definition) is 0.